The lowest BCUT2D eigenvalue weighted by Crippen LogP contribution is -2.33. The molecule has 0 fully saturated rings. The molecule has 1 amide bonds. The quantitative estimate of drug-likeness (QED) is 0.835. The van der Waals surface area contributed by atoms with Gasteiger partial charge in [0.15, 0.2) is 11.5 Å². The molecule has 1 aromatic heterocycles. The van der Waals surface area contributed by atoms with Crippen molar-refractivity contribution in [2.45, 2.75) is 19.3 Å². The highest BCUT2D eigenvalue weighted by atomic mass is 16.5. The maximum absolute atomic E-state index is 12.0. The van der Waals surface area contributed by atoms with Crippen LogP contribution in [0.4, 0.5) is 0 Å². The molecule has 8 nitrogen and oxygen atoms in total. The lowest BCUT2D eigenvalue weighted by Gasteiger charge is -2.25. The van der Waals surface area contributed by atoms with Crippen LogP contribution < -0.4 is 14.9 Å². The van der Waals surface area contributed by atoms with E-state index in [1.54, 1.807) is 31.2 Å². The molecule has 0 saturated heterocycles. The van der Waals surface area contributed by atoms with Crippen molar-refractivity contribution in [1.29, 1.82) is 0 Å². The number of carbonyl (C=O) groups excluding carboxylic acids is 1. The first-order valence-electron chi connectivity index (χ1n) is 8.23. The molecule has 1 aromatic carbocycles. The van der Waals surface area contributed by atoms with Crippen molar-refractivity contribution in [3.63, 3.8) is 0 Å². The fraction of sp³-hybridized carbons (Fsp3) is 0.263. The number of aryl methyl sites for hydroxylation is 1. The predicted octanol–water partition coefficient (Wildman–Crippen LogP) is 2.11. The minimum absolute atomic E-state index is 0.0803. The Morgan fingerprint density at radius 1 is 1.22 bits per heavy atom. The second kappa shape index (κ2) is 7.45. The molecule has 2 heterocycles. The molecule has 0 aliphatic carbocycles. The van der Waals surface area contributed by atoms with Crippen molar-refractivity contribution in [1.82, 2.24) is 10.4 Å². The minimum Gasteiger partial charge on any atom is -0.493 e. The van der Waals surface area contributed by atoms with Gasteiger partial charge in [0.05, 0.1) is 31.2 Å². The van der Waals surface area contributed by atoms with Gasteiger partial charge >= 0.3 is 5.97 Å². The van der Waals surface area contributed by atoms with Gasteiger partial charge in [-0.1, -0.05) is 0 Å². The summed E-state index contributed by atoms with van der Waals surface area (Å²) in [5.74, 6) is -0.824. The van der Waals surface area contributed by atoms with E-state index in [2.05, 4.69) is 15.5 Å². The third-order valence-corrected chi connectivity index (χ3v) is 4.46. The average Bonchev–Trinajstić information content (AvgIpc) is 2.66. The summed E-state index contributed by atoms with van der Waals surface area (Å²) in [5.41, 5.74) is 4.69. The molecule has 3 rings (SSSR count). The Kier molecular flexibility index (Phi) is 5.07. The summed E-state index contributed by atoms with van der Waals surface area (Å²) in [7, 11) is 3.07. The van der Waals surface area contributed by atoms with E-state index in [4.69, 9.17) is 9.47 Å². The number of aromatic carboxylic acids is 1. The molecule has 1 atom stereocenters. The standard InChI is InChI=1S/C19H19N3O5/c1-10-17(19(24)25)12(6-7-20-10)13-9-16(23)21-22-18(13)11-4-5-14(26-2)15(8-11)27-3/h4-8,13H,9H2,1-3H3,(H,21,23)(H,24,25). The number of nitrogens with zero attached hydrogens (tertiary/aromatic N) is 2. The topological polar surface area (TPSA) is 110 Å². The molecule has 27 heavy (non-hydrogen) atoms. The molecular weight excluding hydrogens is 350 g/mol. The summed E-state index contributed by atoms with van der Waals surface area (Å²) in [4.78, 5) is 27.8. The van der Waals surface area contributed by atoms with E-state index in [9.17, 15) is 14.7 Å². The summed E-state index contributed by atoms with van der Waals surface area (Å²) < 4.78 is 10.6. The Morgan fingerprint density at radius 3 is 2.63 bits per heavy atom. The van der Waals surface area contributed by atoms with Crippen molar-refractivity contribution in [3.8, 4) is 11.5 Å². The Morgan fingerprint density at radius 2 is 1.96 bits per heavy atom. The number of aromatic nitrogens is 1. The lowest BCUT2D eigenvalue weighted by molar-refractivity contribution is -0.121. The molecule has 140 valence electrons. The van der Waals surface area contributed by atoms with E-state index in [1.165, 1.54) is 20.4 Å². The van der Waals surface area contributed by atoms with Crippen LogP contribution in [-0.4, -0.2) is 41.9 Å². The SMILES string of the molecule is COc1ccc(C2=NNC(=O)CC2c2ccnc(C)c2C(=O)O)cc1OC. The van der Waals surface area contributed by atoms with Crippen LogP contribution in [0.3, 0.4) is 0 Å². The number of benzene rings is 1. The zero-order chi connectivity index (χ0) is 19.6. The van der Waals surface area contributed by atoms with E-state index in [0.29, 0.717) is 34.0 Å². The summed E-state index contributed by atoms with van der Waals surface area (Å²) >= 11 is 0. The van der Waals surface area contributed by atoms with Gasteiger partial charge in [0.25, 0.3) is 0 Å². The van der Waals surface area contributed by atoms with Crippen LogP contribution in [0.2, 0.25) is 0 Å². The summed E-state index contributed by atoms with van der Waals surface area (Å²) in [6.07, 6.45) is 1.62. The Hall–Kier alpha value is -3.42. The van der Waals surface area contributed by atoms with Gasteiger partial charge in [-0.15, -0.1) is 0 Å². The molecule has 1 aliphatic rings. The van der Waals surface area contributed by atoms with E-state index in [0.717, 1.165) is 0 Å². The van der Waals surface area contributed by atoms with E-state index in [1.807, 2.05) is 0 Å². The number of carboxylic acids is 1. The van der Waals surface area contributed by atoms with Gasteiger partial charge in [0.1, 0.15) is 0 Å². The third-order valence-electron chi connectivity index (χ3n) is 4.46. The molecular formula is C19H19N3O5. The predicted molar refractivity (Wildman–Crippen MR) is 97.5 cm³/mol. The van der Waals surface area contributed by atoms with E-state index >= 15 is 0 Å². The molecule has 1 aliphatic heterocycles. The van der Waals surface area contributed by atoms with Crippen LogP contribution in [0.25, 0.3) is 0 Å². The zero-order valence-electron chi connectivity index (χ0n) is 15.1. The molecule has 0 bridgehead atoms. The van der Waals surface area contributed by atoms with Gasteiger partial charge in [-0.2, -0.15) is 5.10 Å². The number of carboxylic acid groups (broad SMARTS) is 1. The fourth-order valence-electron chi connectivity index (χ4n) is 3.20. The fourth-order valence-corrected chi connectivity index (χ4v) is 3.20. The van der Waals surface area contributed by atoms with Crippen molar-refractivity contribution < 1.29 is 24.2 Å². The normalized spacial score (nSPS) is 16.3. The van der Waals surface area contributed by atoms with Crippen LogP contribution in [0.15, 0.2) is 35.6 Å². The van der Waals surface area contributed by atoms with Gasteiger partial charge in [0, 0.05) is 24.1 Å². The second-order valence-corrected chi connectivity index (χ2v) is 6.02. The van der Waals surface area contributed by atoms with Crippen LogP contribution in [0.5, 0.6) is 11.5 Å². The number of hydrogen-bond donors (Lipinski definition) is 2. The first-order chi connectivity index (χ1) is 13.0. The number of rotatable bonds is 5. The van der Waals surface area contributed by atoms with Crippen LogP contribution >= 0.6 is 0 Å². The maximum Gasteiger partial charge on any atom is 0.337 e. The summed E-state index contributed by atoms with van der Waals surface area (Å²) in [6, 6.07) is 6.89. The Bertz CT molecular complexity index is 939. The molecule has 0 spiro atoms. The monoisotopic (exact) mass is 369 g/mol. The number of ether oxygens (including phenoxy) is 2. The smallest absolute Gasteiger partial charge is 0.337 e. The third kappa shape index (κ3) is 3.46. The minimum atomic E-state index is -1.09. The summed E-state index contributed by atoms with van der Waals surface area (Å²) in [6.45, 7) is 1.63. The van der Waals surface area contributed by atoms with E-state index < -0.39 is 11.9 Å². The van der Waals surface area contributed by atoms with Crippen molar-refractivity contribution in [2.24, 2.45) is 5.10 Å². The molecule has 1 unspecified atom stereocenters. The number of methoxy groups -OCH3 is 2. The largest absolute Gasteiger partial charge is 0.493 e. The highest BCUT2D eigenvalue weighted by molar-refractivity contribution is 6.10. The zero-order valence-corrected chi connectivity index (χ0v) is 15.1. The number of hydrazone groups is 1. The van der Waals surface area contributed by atoms with Crippen molar-refractivity contribution in [3.05, 3.63) is 52.8 Å². The number of nitrogens with one attached hydrogen (secondary N) is 1. The van der Waals surface area contributed by atoms with Gasteiger partial charge in [-0.3, -0.25) is 9.78 Å². The van der Waals surface area contributed by atoms with Gasteiger partial charge < -0.3 is 14.6 Å². The van der Waals surface area contributed by atoms with E-state index in [-0.39, 0.29) is 17.9 Å². The number of carbonyl (C=O) groups is 2. The van der Waals surface area contributed by atoms with Crippen LogP contribution in [-0.2, 0) is 4.79 Å². The highest BCUT2D eigenvalue weighted by Gasteiger charge is 2.31. The van der Waals surface area contributed by atoms with Crippen molar-refractivity contribution >= 4 is 17.6 Å². The molecule has 0 radical (unpaired) electrons. The maximum atomic E-state index is 12.0. The molecule has 2 aromatic rings. The Balaban J connectivity index is 2.14. The number of pyridine rings is 1. The van der Waals surface area contributed by atoms with Crippen LogP contribution in [0, 0.1) is 6.92 Å². The first-order valence-corrected chi connectivity index (χ1v) is 8.23. The summed E-state index contributed by atoms with van der Waals surface area (Å²) in [5, 5.41) is 13.8. The first kappa shape index (κ1) is 18.4. The number of hydrogen-bond acceptors (Lipinski definition) is 6. The highest BCUT2D eigenvalue weighted by Crippen LogP contribution is 2.34. The molecule has 8 heteroatoms. The van der Waals surface area contributed by atoms with Crippen LogP contribution in [0.1, 0.15) is 39.5 Å². The van der Waals surface area contributed by atoms with Crippen molar-refractivity contribution in [2.75, 3.05) is 14.2 Å². The van der Waals surface area contributed by atoms with Gasteiger partial charge in [-0.25, -0.2) is 10.2 Å². The van der Waals surface area contributed by atoms with Gasteiger partial charge in [-0.05, 0) is 36.8 Å². The van der Waals surface area contributed by atoms with Gasteiger partial charge in [0.2, 0.25) is 5.91 Å². The lowest BCUT2D eigenvalue weighted by atomic mass is 9.83. The molecule has 0 saturated carbocycles. The second-order valence-electron chi connectivity index (χ2n) is 6.02. The Labute approximate surface area is 155 Å². The average molecular weight is 369 g/mol. The molecule has 2 N–H and O–H groups in total. The number of amides is 1.